The highest BCUT2D eigenvalue weighted by molar-refractivity contribution is 8.00. The lowest BCUT2D eigenvalue weighted by Gasteiger charge is -2.13. The molecule has 8 nitrogen and oxygen atoms in total. The number of hydrogen-bond acceptors (Lipinski definition) is 5. The van der Waals surface area contributed by atoms with Crippen LogP contribution in [-0.2, 0) is 14.4 Å². The maximum atomic E-state index is 13.3. The van der Waals surface area contributed by atoms with E-state index in [0.29, 0.717) is 38.2 Å². The summed E-state index contributed by atoms with van der Waals surface area (Å²) in [4.78, 5) is 50.5. The first-order valence-electron chi connectivity index (χ1n) is 12.9. The van der Waals surface area contributed by atoms with E-state index < -0.39 is 11.8 Å². The Morgan fingerprint density at radius 2 is 1.26 bits per heavy atom. The van der Waals surface area contributed by atoms with E-state index in [1.54, 1.807) is 97.1 Å². The van der Waals surface area contributed by atoms with E-state index in [1.807, 2.05) is 0 Å². The van der Waals surface area contributed by atoms with Gasteiger partial charge in [-0.2, -0.15) is 0 Å². The maximum absolute atomic E-state index is 13.3. The second-order valence-electron chi connectivity index (χ2n) is 9.09. The normalized spacial score (nSPS) is 10.9. The van der Waals surface area contributed by atoms with Crippen LogP contribution in [-0.4, -0.2) is 29.4 Å². The molecular weight excluding hydrogens is 607 g/mol. The molecule has 4 aromatic carbocycles. The molecule has 0 atom stereocenters. The number of carbonyl (C=O) groups excluding carboxylic acids is 4. The van der Waals surface area contributed by atoms with Crippen molar-refractivity contribution in [2.24, 2.45) is 0 Å². The third-order valence-electron chi connectivity index (χ3n) is 5.79. The van der Waals surface area contributed by atoms with Gasteiger partial charge in [0.1, 0.15) is 5.70 Å². The van der Waals surface area contributed by atoms with Gasteiger partial charge in [0.2, 0.25) is 11.8 Å². The van der Waals surface area contributed by atoms with Crippen molar-refractivity contribution in [2.45, 2.75) is 11.8 Å². The average Bonchev–Trinajstić information content (AvgIpc) is 2.99. The molecule has 0 radical (unpaired) electrons. The molecule has 4 amide bonds. The molecule has 0 aliphatic heterocycles. The molecule has 0 unspecified atom stereocenters. The van der Waals surface area contributed by atoms with Gasteiger partial charge in [0.15, 0.2) is 0 Å². The second kappa shape index (κ2) is 15.1. The molecule has 4 rings (SSSR count). The predicted octanol–water partition coefficient (Wildman–Crippen LogP) is 7.09. The van der Waals surface area contributed by atoms with Crippen molar-refractivity contribution in [3.8, 4) is 0 Å². The van der Waals surface area contributed by atoms with E-state index >= 15 is 0 Å². The van der Waals surface area contributed by atoms with Crippen molar-refractivity contribution in [1.29, 1.82) is 0 Å². The summed E-state index contributed by atoms with van der Waals surface area (Å²) >= 11 is 13.9. The predicted molar refractivity (Wildman–Crippen MR) is 174 cm³/mol. The Hall–Kier alpha value is -4.57. The van der Waals surface area contributed by atoms with Crippen LogP contribution in [0.5, 0.6) is 0 Å². The SMILES string of the molecule is CC(=O)Nc1ccc(NC(=O)CSc2ccc(NC(=O)/C(=C/c3c(Cl)cccc3Cl)NC(=O)c3ccccc3)cc2)cc1. The minimum atomic E-state index is -0.579. The topological polar surface area (TPSA) is 116 Å². The van der Waals surface area contributed by atoms with E-state index in [2.05, 4.69) is 21.3 Å². The molecule has 0 fully saturated rings. The van der Waals surface area contributed by atoms with E-state index in [0.717, 1.165) is 4.90 Å². The van der Waals surface area contributed by atoms with Crippen molar-refractivity contribution < 1.29 is 19.2 Å². The molecule has 0 bridgehead atoms. The van der Waals surface area contributed by atoms with Gasteiger partial charge in [-0.3, -0.25) is 19.2 Å². The van der Waals surface area contributed by atoms with Gasteiger partial charge in [-0.25, -0.2) is 0 Å². The van der Waals surface area contributed by atoms with Gasteiger partial charge in [-0.15, -0.1) is 11.8 Å². The van der Waals surface area contributed by atoms with Crippen LogP contribution >= 0.6 is 35.0 Å². The van der Waals surface area contributed by atoms with Crippen LogP contribution in [0, 0.1) is 0 Å². The first-order chi connectivity index (χ1) is 20.7. The standard InChI is InChI=1S/C32H26Cl2N4O4S/c1-20(39)35-22-10-12-23(13-11-22)36-30(40)19-43-25-16-14-24(15-17-25)37-32(42)29(18-26-27(33)8-5-9-28(26)34)38-31(41)21-6-3-2-4-7-21/h2-18H,19H2,1H3,(H,35,39)(H,36,40)(H,37,42)(H,38,41)/b29-18-. The van der Waals surface area contributed by atoms with Gasteiger partial charge >= 0.3 is 0 Å². The second-order valence-corrected chi connectivity index (χ2v) is 11.0. The Kier molecular flexibility index (Phi) is 11.0. The number of anilines is 3. The highest BCUT2D eigenvalue weighted by Gasteiger charge is 2.17. The molecule has 0 heterocycles. The minimum Gasteiger partial charge on any atom is -0.326 e. The number of hydrogen-bond donors (Lipinski definition) is 4. The molecule has 0 spiro atoms. The quantitative estimate of drug-likeness (QED) is 0.110. The monoisotopic (exact) mass is 632 g/mol. The summed E-state index contributed by atoms with van der Waals surface area (Å²) in [6, 6.07) is 27.2. The van der Waals surface area contributed by atoms with Crippen LogP contribution in [0.1, 0.15) is 22.8 Å². The van der Waals surface area contributed by atoms with Gasteiger partial charge in [0.05, 0.1) is 5.75 Å². The maximum Gasteiger partial charge on any atom is 0.272 e. The Labute approximate surface area is 262 Å². The molecular formula is C32H26Cl2N4O4S. The highest BCUT2D eigenvalue weighted by atomic mass is 35.5. The Bertz CT molecular complexity index is 1640. The summed E-state index contributed by atoms with van der Waals surface area (Å²) in [6.07, 6.45) is 1.43. The zero-order chi connectivity index (χ0) is 30.8. The Morgan fingerprint density at radius 3 is 1.86 bits per heavy atom. The zero-order valence-corrected chi connectivity index (χ0v) is 25.1. The van der Waals surface area contributed by atoms with Crippen LogP contribution in [0.15, 0.2) is 108 Å². The van der Waals surface area contributed by atoms with Crippen LogP contribution in [0.25, 0.3) is 6.08 Å². The number of amides is 4. The number of carbonyl (C=O) groups is 4. The van der Waals surface area contributed by atoms with Crippen molar-refractivity contribution in [3.63, 3.8) is 0 Å². The molecule has 0 saturated heterocycles. The molecule has 4 N–H and O–H groups in total. The summed E-state index contributed by atoms with van der Waals surface area (Å²) < 4.78 is 0. The van der Waals surface area contributed by atoms with Crippen molar-refractivity contribution in [2.75, 3.05) is 21.7 Å². The van der Waals surface area contributed by atoms with Crippen molar-refractivity contribution in [1.82, 2.24) is 5.32 Å². The van der Waals surface area contributed by atoms with E-state index in [-0.39, 0.29) is 23.3 Å². The lowest BCUT2D eigenvalue weighted by molar-refractivity contribution is -0.114. The third-order valence-corrected chi connectivity index (χ3v) is 7.46. The molecule has 43 heavy (non-hydrogen) atoms. The number of nitrogens with one attached hydrogen (secondary N) is 4. The van der Waals surface area contributed by atoms with Crippen molar-refractivity contribution >= 4 is 81.7 Å². The fraction of sp³-hybridized carbons (Fsp3) is 0.0625. The largest absolute Gasteiger partial charge is 0.326 e. The summed E-state index contributed by atoms with van der Waals surface area (Å²) in [5.74, 6) is -1.26. The van der Waals surface area contributed by atoms with Crippen LogP contribution < -0.4 is 21.3 Å². The third kappa shape index (κ3) is 9.47. The van der Waals surface area contributed by atoms with E-state index in [1.165, 1.54) is 24.8 Å². The number of benzene rings is 4. The summed E-state index contributed by atoms with van der Waals surface area (Å²) in [5.41, 5.74) is 2.43. The molecule has 0 saturated carbocycles. The van der Waals surface area contributed by atoms with Gasteiger partial charge in [-0.05, 0) is 78.9 Å². The Balaban J connectivity index is 1.39. The number of halogens is 2. The van der Waals surface area contributed by atoms with Gasteiger partial charge in [0, 0.05) is 50.1 Å². The number of thioether (sulfide) groups is 1. The van der Waals surface area contributed by atoms with E-state index in [4.69, 9.17) is 23.2 Å². The number of rotatable bonds is 10. The minimum absolute atomic E-state index is 0.0518. The summed E-state index contributed by atoms with van der Waals surface area (Å²) in [5, 5.41) is 11.5. The van der Waals surface area contributed by atoms with Gasteiger partial charge < -0.3 is 21.3 Å². The molecule has 0 aromatic heterocycles. The van der Waals surface area contributed by atoms with Crippen LogP contribution in [0.3, 0.4) is 0 Å². The molecule has 0 aliphatic rings. The van der Waals surface area contributed by atoms with Crippen LogP contribution in [0.2, 0.25) is 10.0 Å². The van der Waals surface area contributed by atoms with Crippen molar-refractivity contribution in [3.05, 3.63) is 124 Å². The fourth-order valence-corrected chi connectivity index (χ4v) is 4.96. The fourth-order valence-electron chi connectivity index (χ4n) is 3.75. The van der Waals surface area contributed by atoms with E-state index in [9.17, 15) is 19.2 Å². The molecule has 218 valence electrons. The summed E-state index contributed by atoms with van der Waals surface area (Å²) in [7, 11) is 0. The zero-order valence-electron chi connectivity index (χ0n) is 22.8. The first-order valence-corrected chi connectivity index (χ1v) is 14.7. The lowest BCUT2D eigenvalue weighted by Crippen LogP contribution is -2.30. The average molecular weight is 634 g/mol. The molecule has 0 aliphatic carbocycles. The first kappa shape index (κ1) is 31.4. The summed E-state index contributed by atoms with van der Waals surface area (Å²) in [6.45, 7) is 1.42. The lowest BCUT2D eigenvalue weighted by atomic mass is 10.1. The smallest absolute Gasteiger partial charge is 0.272 e. The Morgan fingerprint density at radius 1 is 0.698 bits per heavy atom. The van der Waals surface area contributed by atoms with Crippen LogP contribution in [0.4, 0.5) is 17.1 Å². The molecule has 4 aromatic rings. The van der Waals surface area contributed by atoms with Gasteiger partial charge in [-0.1, -0.05) is 47.5 Å². The molecule has 11 heteroatoms. The highest BCUT2D eigenvalue weighted by Crippen LogP contribution is 2.27. The van der Waals surface area contributed by atoms with Gasteiger partial charge in [0.25, 0.3) is 11.8 Å².